The molecule has 26 heavy (non-hydrogen) atoms. The minimum atomic E-state index is -0.481. The number of amides is 1. The summed E-state index contributed by atoms with van der Waals surface area (Å²) < 4.78 is 11.1. The zero-order chi connectivity index (χ0) is 19.0. The number of carbonyl (C=O) groups is 1. The standard InChI is InChI=1S/C20H29N3O3/c1-20(2,3)26-19(24)22-15-17-6-4-5-11-23(17)12-13-25-18-9-7-16(14-21)8-10-18/h7-10,17H,4-6,11-13,15H2,1-3H3,(H,22,24). The summed E-state index contributed by atoms with van der Waals surface area (Å²) in [6.07, 6.45) is 3.04. The molecule has 1 fully saturated rings. The van der Waals surface area contributed by atoms with Crippen molar-refractivity contribution >= 4 is 6.09 Å². The highest BCUT2D eigenvalue weighted by molar-refractivity contribution is 5.67. The third-order valence-corrected chi connectivity index (χ3v) is 4.26. The number of hydrogen-bond donors (Lipinski definition) is 1. The number of piperidine rings is 1. The minimum absolute atomic E-state index is 0.306. The van der Waals surface area contributed by atoms with Crippen LogP contribution in [0, 0.1) is 11.3 Å². The maximum Gasteiger partial charge on any atom is 0.407 e. The Balaban J connectivity index is 1.76. The Bertz CT molecular complexity index is 617. The van der Waals surface area contributed by atoms with Crippen molar-refractivity contribution in [2.24, 2.45) is 0 Å². The number of likely N-dealkylation sites (tertiary alicyclic amines) is 1. The van der Waals surface area contributed by atoms with E-state index in [9.17, 15) is 4.79 Å². The highest BCUT2D eigenvalue weighted by atomic mass is 16.6. The van der Waals surface area contributed by atoms with E-state index in [1.54, 1.807) is 12.1 Å². The van der Waals surface area contributed by atoms with E-state index in [0.717, 1.165) is 25.3 Å². The molecule has 1 aromatic rings. The van der Waals surface area contributed by atoms with Crippen LogP contribution in [0.2, 0.25) is 0 Å². The normalized spacial score (nSPS) is 18.0. The molecule has 6 nitrogen and oxygen atoms in total. The van der Waals surface area contributed by atoms with Crippen LogP contribution < -0.4 is 10.1 Å². The Hall–Kier alpha value is -2.26. The minimum Gasteiger partial charge on any atom is -0.492 e. The third kappa shape index (κ3) is 6.93. The Morgan fingerprint density at radius 3 is 2.69 bits per heavy atom. The summed E-state index contributed by atoms with van der Waals surface area (Å²) in [6.45, 7) is 8.57. The summed E-state index contributed by atoms with van der Waals surface area (Å²) in [5.74, 6) is 0.768. The van der Waals surface area contributed by atoms with Crippen molar-refractivity contribution in [3.63, 3.8) is 0 Å². The fraction of sp³-hybridized carbons (Fsp3) is 0.600. The first-order valence-corrected chi connectivity index (χ1v) is 9.21. The van der Waals surface area contributed by atoms with E-state index in [1.807, 2.05) is 32.9 Å². The van der Waals surface area contributed by atoms with Gasteiger partial charge < -0.3 is 14.8 Å². The van der Waals surface area contributed by atoms with Gasteiger partial charge in [0.25, 0.3) is 0 Å². The molecule has 142 valence electrons. The van der Waals surface area contributed by atoms with E-state index < -0.39 is 5.60 Å². The number of ether oxygens (including phenoxy) is 2. The van der Waals surface area contributed by atoms with Crippen LogP contribution in [-0.2, 0) is 4.74 Å². The van der Waals surface area contributed by atoms with E-state index >= 15 is 0 Å². The lowest BCUT2D eigenvalue weighted by atomic mass is 10.0. The Kier molecular flexibility index (Phi) is 7.28. The molecule has 0 aliphatic carbocycles. The van der Waals surface area contributed by atoms with Gasteiger partial charge in [-0.2, -0.15) is 5.26 Å². The molecule has 1 atom stereocenters. The highest BCUT2D eigenvalue weighted by Gasteiger charge is 2.24. The Labute approximate surface area is 156 Å². The van der Waals surface area contributed by atoms with Crippen LogP contribution in [-0.4, -0.2) is 48.9 Å². The number of nitriles is 1. The predicted molar refractivity (Wildman–Crippen MR) is 100 cm³/mol. The number of benzene rings is 1. The zero-order valence-corrected chi connectivity index (χ0v) is 16.0. The number of carbonyl (C=O) groups excluding carboxylic acids is 1. The molecule has 1 saturated heterocycles. The molecule has 1 aliphatic heterocycles. The summed E-state index contributed by atoms with van der Waals surface area (Å²) in [6, 6.07) is 9.54. The van der Waals surface area contributed by atoms with Crippen molar-refractivity contribution < 1.29 is 14.3 Å². The number of nitrogens with zero attached hydrogens (tertiary/aromatic N) is 2. The monoisotopic (exact) mass is 359 g/mol. The summed E-state index contributed by atoms with van der Waals surface area (Å²) in [4.78, 5) is 14.2. The van der Waals surface area contributed by atoms with Crippen molar-refractivity contribution in [2.75, 3.05) is 26.2 Å². The first-order valence-electron chi connectivity index (χ1n) is 9.21. The van der Waals surface area contributed by atoms with Crippen LogP contribution in [0.15, 0.2) is 24.3 Å². The van der Waals surface area contributed by atoms with Crippen molar-refractivity contribution in [1.82, 2.24) is 10.2 Å². The van der Waals surface area contributed by atoms with Crippen molar-refractivity contribution in [2.45, 2.75) is 51.7 Å². The molecule has 1 aliphatic rings. The van der Waals surface area contributed by atoms with Gasteiger partial charge in [0.1, 0.15) is 18.0 Å². The number of hydrogen-bond acceptors (Lipinski definition) is 5. The van der Waals surface area contributed by atoms with Gasteiger partial charge in [-0.15, -0.1) is 0 Å². The third-order valence-electron chi connectivity index (χ3n) is 4.26. The molecular formula is C20H29N3O3. The average Bonchev–Trinajstić information content (AvgIpc) is 2.60. The molecular weight excluding hydrogens is 330 g/mol. The molecule has 0 bridgehead atoms. The smallest absolute Gasteiger partial charge is 0.407 e. The van der Waals surface area contributed by atoms with Gasteiger partial charge in [0.2, 0.25) is 0 Å². The number of nitrogens with one attached hydrogen (secondary N) is 1. The highest BCUT2D eigenvalue weighted by Crippen LogP contribution is 2.17. The quantitative estimate of drug-likeness (QED) is 0.843. The molecule has 0 spiro atoms. The van der Waals surface area contributed by atoms with Gasteiger partial charge in [-0.05, 0) is 64.4 Å². The summed E-state index contributed by atoms with van der Waals surface area (Å²) in [5, 5.41) is 11.7. The topological polar surface area (TPSA) is 74.6 Å². The van der Waals surface area contributed by atoms with Crippen molar-refractivity contribution in [3.05, 3.63) is 29.8 Å². The second kappa shape index (κ2) is 9.44. The predicted octanol–water partition coefficient (Wildman–Crippen LogP) is 3.32. The first-order chi connectivity index (χ1) is 12.4. The van der Waals surface area contributed by atoms with Gasteiger partial charge in [0.05, 0.1) is 11.6 Å². The maximum atomic E-state index is 11.9. The van der Waals surface area contributed by atoms with Crippen LogP contribution in [0.1, 0.15) is 45.6 Å². The lowest BCUT2D eigenvalue weighted by molar-refractivity contribution is 0.0489. The van der Waals surface area contributed by atoms with Gasteiger partial charge in [-0.25, -0.2) is 4.79 Å². The van der Waals surface area contributed by atoms with Crippen molar-refractivity contribution in [3.8, 4) is 11.8 Å². The molecule has 2 rings (SSSR count). The lowest BCUT2D eigenvalue weighted by Crippen LogP contribution is -2.48. The van der Waals surface area contributed by atoms with Crippen LogP contribution in [0.5, 0.6) is 5.75 Å². The SMILES string of the molecule is CC(C)(C)OC(=O)NCC1CCCCN1CCOc1ccc(C#N)cc1. The van der Waals surface area contributed by atoms with Gasteiger partial charge in [-0.1, -0.05) is 6.42 Å². The number of alkyl carbamates (subject to hydrolysis) is 1. The summed E-state index contributed by atoms with van der Waals surface area (Å²) in [5.41, 5.74) is 0.146. The molecule has 0 aromatic heterocycles. The Morgan fingerprint density at radius 2 is 2.04 bits per heavy atom. The van der Waals surface area contributed by atoms with Gasteiger partial charge in [0, 0.05) is 19.1 Å². The number of rotatable bonds is 6. The van der Waals surface area contributed by atoms with Crippen LogP contribution in [0.4, 0.5) is 4.79 Å². The lowest BCUT2D eigenvalue weighted by Gasteiger charge is -2.35. The maximum absolute atomic E-state index is 11.9. The second-order valence-corrected chi connectivity index (χ2v) is 7.55. The molecule has 0 radical (unpaired) electrons. The van der Waals surface area contributed by atoms with E-state index in [4.69, 9.17) is 14.7 Å². The van der Waals surface area contributed by atoms with Gasteiger partial charge in [-0.3, -0.25) is 4.90 Å². The van der Waals surface area contributed by atoms with Crippen LogP contribution in [0.3, 0.4) is 0 Å². The largest absolute Gasteiger partial charge is 0.492 e. The van der Waals surface area contributed by atoms with Gasteiger partial charge >= 0.3 is 6.09 Å². The molecule has 1 heterocycles. The van der Waals surface area contributed by atoms with Gasteiger partial charge in [0.15, 0.2) is 0 Å². The second-order valence-electron chi connectivity index (χ2n) is 7.55. The fourth-order valence-electron chi connectivity index (χ4n) is 3.01. The van der Waals surface area contributed by atoms with E-state index in [0.29, 0.717) is 24.8 Å². The molecule has 6 heteroatoms. The van der Waals surface area contributed by atoms with Crippen LogP contribution in [0.25, 0.3) is 0 Å². The molecule has 0 saturated carbocycles. The fourth-order valence-corrected chi connectivity index (χ4v) is 3.01. The molecule has 1 amide bonds. The van der Waals surface area contributed by atoms with E-state index in [1.165, 1.54) is 12.8 Å². The van der Waals surface area contributed by atoms with E-state index in [2.05, 4.69) is 16.3 Å². The Morgan fingerprint density at radius 1 is 1.31 bits per heavy atom. The van der Waals surface area contributed by atoms with Crippen molar-refractivity contribution in [1.29, 1.82) is 5.26 Å². The average molecular weight is 359 g/mol. The zero-order valence-electron chi connectivity index (χ0n) is 16.0. The van der Waals surface area contributed by atoms with Crippen LogP contribution >= 0.6 is 0 Å². The molecule has 1 N–H and O–H groups in total. The molecule has 1 unspecified atom stereocenters. The summed E-state index contributed by atoms with van der Waals surface area (Å²) >= 11 is 0. The molecule has 1 aromatic carbocycles. The first kappa shape index (κ1) is 20.1. The summed E-state index contributed by atoms with van der Waals surface area (Å²) in [7, 11) is 0. The van der Waals surface area contributed by atoms with E-state index in [-0.39, 0.29) is 6.09 Å².